The van der Waals surface area contributed by atoms with Crippen LogP contribution in [0.3, 0.4) is 0 Å². The highest BCUT2D eigenvalue weighted by atomic mass is 16.5. The molecule has 2 atom stereocenters. The van der Waals surface area contributed by atoms with Gasteiger partial charge in [-0.05, 0) is 39.2 Å². The number of rotatable bonds is 6. The molecular weight excluding hydrogens is 212 g/mol. The highest BCUT2D eigenvalue weighted by Gasteiger charge is 2.19. The Bertz CT molecular complexity index is 197. The van der Waals surface area contributed by atoms with Gasteiger partial charge in [0.25, 0.3) is 0 Å². The van der Waals surface area contributed by atoms with Crippen molar-refractivity contribution in [2.75, 3.05) is 32.8 Å². The number of ether oxygens (including phenoxy) is 1. The maximum absolute atomic E-state index is 5.68. The molecule has 1 saturated heterocycles. The summed E-state index contributed by atoms with van der Waals surface area (Å²) >= 11 is 0. The van der Waals surface area contributed by atoms with Crippen LogP contribution in [-0.4, -0.2) is 49.8 Å². The highest BCUT2D eigenvalue weighted by Crippen LogP contribution is 2.08. The first-order chi connectivity index (χ1) is 8.09. The lowest BCUT2D eigenvalue weighted by Gasteiger charge is -2.29. The third-order valence-electron chi connectivity index (χ3n) is 3.45. The van der Waals surface area contributed by atoms with E-state index in [1.807, 2.05) is 0 Å². The fraction of sp³-hybridized carbons (Fsp3) is 1.00. The van der Waals surface area contributed by atoms with Crippen molar-refractivity contribution < 1.29 is 4.74 Å². The largest absolute Gasteiger partial charge is 0.377 e. The molecule has 0 aromatic rings. The van der Waals surface area contributed by atoms with Crippen LogP contribution in [0.25, 0.3) is 0 Å². The first-order valence-corrected chi connectivity index (χ1v) is 7.16. The molecule has 102 valence electrons. The minimum atomic E-state index is 0.385. The van der Waals surface area contributed by atoms with Gasteiger partial charge < -0.3 is 10.1 Å². The summed E-state index contributed by atoms with van der Waals surface area (Å²) in [7, 11) is 0. The van der Waals surface area contributed by atoms with Gasteiger partial charge in [0.2, 0.25) is 0 Å². The number of hydrogen-bond acceptors (Lipinski definition) is 3. The average Bonchev–Trinajstić information content (AvgIpc) is 2.48. The Morgan fingerprint density at radius 2 is 2.12 bits per heavy atom. The van der Waals surface area contributed by atoms with E-state index in [1.54, 1.807) is 0 Å². The fourth-order valence-corrected chi connectivity index (χ4v) is 2.26. The van der Waals surface area contributed by atoms with E-state index in [0.29, 0.717) is 12.1 Å². The summed E-state index contributed by atoms with van der Waals surface area (Å²) in [5.41, 5.74) is 0. The average molecular weight is 242 g/mol. The van der Waals surface area contributed by atoms with Crippen LogP contribution in [-0.2, 0) is 4.74 Å². The second-order valence-electron chi connectivity index (χ2n) is 5.77. The molecule has 3 heteroatoms. The third-order valence-corrected chi connectivity index (χ3v) is 3.45. The molecule has 1 rings (SSSR count). The van der Waals surface area contributed by atoms with Crippen molar-refractivity contribution in [3.05, 3.63) is 0 Å². The van der Waals surface area contributed by atoms with Crippen LogP contribution in [0.15, 0.2) is 0 Å². The van der Waals surface area contributed by atoms with Crippen LogP contribution in [0, 0.1) is 5.92 Å². The van der Waals surface area contributed by atoms with Crippen LogP contribution in [0.1, 0.15) is 40.5 Å². The number of nitrogens with one attached hydrogen (secondary N) is 1. The second-order valence-corrected chi connectivity index (χ2v) is 5.77. The van der Waals surface area contributed by atoms with Gasteiger partial charge >= 0.3 is 0 Å². The minimum Gasteiger partial charge on any atom is -0.377 e. The third kappa shape index (κ3) is 6.39. The van der Waals surface area contributed by atoms with E-state index in [4.69, 9.17) is 4.74 Å². The van der Waals surface area contributed by atoms with Gasteiger partial charge in [-0.25, -0.2) is 0 Å². The smallest absolute Gasteiger partial charge is 0.0674 e. The standard InChI is InChI=1S/C14H30N2O/c1-12(2)6-7-15-10-13(3)16-8-5-9-17-14(4)11-16/h12-15H,5-11H2,1-4H3. The Morgan fingerprint density at radius 3 is 2.82 bits per heavy atom. The van der Waals surface area contributed by atoms with Gasteiger partial charge in [-0.15, -0.1) is 0 Å². The van der Waals surface area contributed by atoms with Gasteiger partial charge in [0.1, 0.15) is 0 Å². The molecule has 2 unspecified atom stereocenters. The zero-order chi connectivity index (χ0) is 12.7. The Hall–Kier alpha value is -0.120. The molecule has 17 heavy (non-hydrogen) atoms. The zero-order valence-corrected chi connectivity index (χ0v) is 12.0. The lowest BCUT2D eigenvalue weighted by molar-refractivity contribution is 0.0620. The number of hydrogen-bond donors (Lipinski definition) is 1. The van der Waals surface area contributed by atoms with Crippen molar-refractivity contribution in [3.8, 4) is 0 Å². The van der Waals surface area contributed by atoms with E-state index in [1.165, 1.54) is 19.4 Å². The first kappa shape index (κ1) is 14.9. The van der Waals surface area contributed by atoms with Crippen LogP contribution in [0.5, 0.6) is 0 Å². The van der Waals surface area contributed by atoms with Gasteiger partial charge in [-0.3, -0.25) is 4.90 Å². The van der Waals surface area contributed by atoms with Crippen LogP contribution >= 0.6 is 0 Å². The second kappa shape index (κ2) is 8.06. The summed E-state index contributed by atoms with van der Waals surface area (Å²) in [5, 5.41) is 3.57. The molecular formula is C14H30N2O. The van der Waals surface area contributed by atoms with Crippen molar-refractivity contribution in [3.63, 3.8) is 0 Å². The van der Waals surface area contributed by atoms with Gasteiger partial charge in [-0.2, -0.15) is 0 Å². The molecule has 0 amide bonds. The molecule has 1 aliphatic rings. The Morgan fingerprint density at radius 1 is 1.35 bits per heavy atom. The molecule has 1 heterocycles. The summed E-state index contributed by atoms with van der Waals surface area (Å²) in [6, 6.07) is 0.617. The van der Waals surface area contributed by atoms with Crippen molar-refractivity contribution in [2.45, 2.75) is 52.7 Å². The zero-order valence-electron chi connectivity index (χ0n) is 12.0. The molecule has 1 N–H and O–H groups in total. The molecule has 0 aliphatic carbocycles. The summed E-state index contributed by atoms with van der Waals surface area (Å²) in [6.07, 6.45) is 2.82. The molecule has 1 fully saturated rings. The minimum absolute atomic E-state index is 0.385. The Balaban J connectivity index is 2.18. The lowest BCUT2D eigenvalue weighted by atomic mass is 10.1. The van der Waals surface area contributed by atoms with E-state index < -0.39 is 0 Å². The van der Waals surface area contributed by atoms with E-state index >= 15 is 0 Å². The van der Waals surface area contributed by atoms with E-state index in [2.05, 4.69) is 37.9 Å². The molecule has 0 spiro atoms. The van der Waals surface area contributed by atoms with Gasteiger partial charge in [0.15, 0.2) is 0 Å². The SMILES string of the molecule is CC(C)CCNCC(C)N1CCCOC(C)C1. The Labute approximate surface area is 107 Å². The summed E-state index contributed by atoms with van der Waals surface area (Å²) in [6.45, 7) is 14.5. The van der Waals surface area contributed by atoms with Gasteiger partial charge in [0.05, 0.1) is 6.10 Å². The quantitative estimate of drug-likeness (QED) is 0.722. The van der Waals surface area contributed by atoms with Crippen LogP contribution in [0.2, 0.25) is 0 Å². The van der Waals surface area contributed by atoms with Crippen molar-refractivity contribution in [1.82, 2.24) is 10.2 Å². The molecule has 0 bridgehead atoms. The monoisotopic (exact) mass is 242 g/mol. The molecule has 0 saturated carbocycles. The van der Waals surface area contributed by atoms with E-state index in [9.17, 15) is 0 Å². The van der Waals surface area contributed by atoms with Crippen LogP contribution in [0.4, 0.5) is 0 Å². The summed E-state index contributed by atoms with van der Waals surface area (Å²) in [4.78, 5) is 2.56. The predicted octanol–water partition coefficient (Wildman–Crippen LogP) is 2.12. The highest BCUT2D eigenvalue weighted by molar-refractivity contribution is 4.74. The van der Waals surface area contributed by atoms with Crippen molar-refractivity contribution in [1.29, 1.82) is 0 Å². The number of nitrogens with zero attached hydrogens (tertiary/aromatic N) is 1. The maximum atomic E-state index is 5.68. The molecule has 1 aliphatic heterocycles. The van der Waals surface area contributed by atoms with Crippen LogP contribution < -0.4 is 5.32 Å². The topological polar surface area (TPSA) is 24.5 Å². The summed E-state index contributed by atoms with van der Waals surface area (Å²) < 4.78 is 5.68. The maximum Gasteiger partial charge on any atom is 0.0674 e. The van der Waals surface area contributed by atoms with Gasteiger partial charge in [0, 0.05) is 32.3 Å². The normalized spacial score (nSPS) is 24.9. The molecule has 0 aromatic carbocycles. The van der Waals surface area contributed by atoms with Gasteiger partial charge in [-0.1, -0.05) is 13.8 Å². The molecule has 3 nitrogen and oxygen atoms in total. The first-order valence-electron chi connectivity index (χ1n) is 7.16. The van der Waals surface area contributed by atoms with E-state index in [-0.39, 0.29) is 0 Å². The van der Waals surface area contributed by atoms with E-state index in [0.717, 1.165) is 32.2 Å². The Kier molecular flexibility index (Phi) is 7.09. The predicted molar refractivity (Wildman–Crippen MR) is 73.4 cm³/mol. The molecule has 0 radical (unpaired) electrons. The molecule has 0 aromatic heterocycles. The van der Waals surface area contributed by atoms with Crippen molar-refractivity contribution >= 4 is 0 Å². The van der Waals surface area contributed by atoms with Crippen molar-refractivity contribution in [2.24, 2.45) is 5.92 Å². The summed E-state index contributed by atoms with van der Waals surface area (Å²) in [5.74, 6) is 0.796. The fourth-order valence-electron chi connectivity index (χ4n) is 2.26. The lowest BCUT2D eigenvalue weighted by Crippen LogP contribution is -2.43.